The average Bonchev–Trinajstić information content (AvgIpc) is 2.50. The molecular weight excluding hydrogens is 180 g/mol. The SMILES string of the molecule is COC(=O)C1CCCN1CC(F)F. The summed E-state index contributed by atoms with van der Waals surface area (Å²) in [7, 11) is 1.28. The lowest BCUT2D eigenvalue weighted by atomic mass is 10.2. The zero-order valence-corrected chi connectivity index (χ0v) is 7.50. The fourth-order valence-electron chi connectivity index (χ4n) is 1.62. The highest BCUT2D eigenvalue weighted by molar-refractivity contribution is 5.75. The Morgan fingerprint density at radius 1 is 1.69 bits per heavy atom. The molecule has 0 aliphatic carbocycles. The van der Waals surface area contributed by atoms with Crippen LogP contribution in [0.3, 0.4) is 0 Å². The number of hydrogen-bond acceptors (Lipinski definition) is 3. The van der Waals surface area contributed by atoms with E-state index in [-0.39, 0.29) is 6.54 Å². The molecular formula is C8H13F2NO2. The summed E-state index contributed by atoms with van der Waals surface area (Å²) in [5.74, 6) is -0.404. The highest BCUT2D eigenvalue weighted by Gasteiger charge is 2.32. The van der Waals surface area contributed by atoms with Gasteiger partial charge in [-0.2, -0.15) is 0 Å². The number of nitrogens with zero attached hydrogens (tertiary/aromatic N) is 1. The summed E-state index contributed by atoms with van der Waals surface area (Å²) in [6.07, 6.45) is -0.975. The highest BCUT2D eigenvalue weighted by Crippen LogP contribution is 2.19. The normalized spacial score (nSPS) is 23.8. The van der Waals surface area contributed by atoms with E-state index in [4.69, 9.17) is 0 Å². The van der Waals surface area contributed by atoms with Gasteiger partial charge in [0, 0.05) is 0 Å². The molecule has 0 radical (unpaired) electrons. The molecule has 0 aromatic heterocycles. The second-order valence-corrected chi connectivity index (χ2v) is 3.07. The minimum atomic E-state index is -2.38. The Hall–Kier alpha value is -0.710. The van der Waals surface area contributed by atoms with Gasteiger partial charge in [0.25, 0.3) is 6.43 Å². The summed E-state index contributed by atoms with van der Waals surface area (Å²) in [5.41, 5.74) is 0. The molecule has 0 bridgehead atoms. The van der Waals surface area contributed by atoms with Crippen molar-refractivity contribution in [2.75, 3.05) is 20.2 Å². The molecule has 1 saturated heterocycles. The lowest BCUT2D eigenvalue weighted by molar-refractivity contribution is -0.146. The van der Waals surface area contributed by atoms with Crippen LogP contribution in [-0.4, -0.2) is 43.5 Å². The number of hydrogen-bond donors (Lipinski definition) is 0. The molecule has 3 nitrogen and oxygen atoms in total. The third-order valence-electron chi connectivity index (χ3n) is 2.21. The lowest BCUT2D eigenvalue weighted by Gasteiger charge is -2.21. The molecule has 1 aliphatic rings. The maximum absolute atomic E-state index is 12.0. The molecule has 76 valence electrons. The molecule has 0 N–H and O–H groups in total. The van der Waals surface area contributed by atoms with E-state index >= 15 is 0 Å². The highest BCUT2D eigenvalue weighted by atomic mass is 19.3. The van der Waals surface area contributed by atoms with Crippen LogP contribution in [0.4, 0.5) is 8.78 Å². The summed E-state index contributed by atoms with van der Waals surface area (Å²) < 4.78 is 28.6. The third-order valence-corrected chi connectivity index (χ3v) is 2.21. The number of rotatable bonds is 3. The first-order chi connectivity index (χ1) is 6.15. The van der Waals surface area contributed by atoms with Gasteiger partial charge in [0.1, 0.15) is 6.04 Å². The van der Waals surface area contributed by atoms with Gasteiger partial charge in [0.15, 0.2) is 0 Å². The number of ether oxygens (including phenoxy) is 1. The van der Waals surface area contributed by atoms with Crippen LogP contribution >= 0.6 is 0 Å². The number of halogens is 2. The molecule has 1 fully saturated rings. The van der Waals surface area contributed by atoms with E-state index in [1.165, 1.54) is 12.0 Å². The van der Waals surface area contributed by atoms with Gasteiger partial charge in [0.05, 0.1) is 13.7 Å². The van der Waals surface area contributed by atoms with Gasteiger partial charge in [-0.05, 0) is 19.4 Å². The minimum Gasteiger partial charge on any atom is -0.468 e. The van der Waals surface area contributed by atoms with Crippen molar-refractivity contribution in [3.8, 4) is 0 Å². The first-order valence-electron chi connectivity index (χ1n) is 4.25. The van der Waals surface area contributed by atoms with Gasteiger partial charge in [-0.3, -0.25) is 9.69 Å². The maximum Gasteiger partial charge on any atom is 0.323 e. The van der Waals surface area contributed by atoms with Gasteiger partial charge in [-0.15, -0.1) is 0 Å². The summed E-state index contributed by atoms with van der Waals surface area (Å²) in [5, 5.41) is 0. The number of esters is 1. The predicted octanol–water partition coefficient (Wildman–Crippen LogP) is 0.889. The van der Waals surface area contributed by atoms with E-state index in [1.54, 1.807) is 0 Å². The van der Waals surface area contributed by atoms with Crippen molar-refractivity contribution in [3.63, 3.8) is 0 Å². The first-order valence-corrected chi connectivity index (χ1v) is 4.25. The van der Waals surface area contributed by atoms with Crippen LogP contribution < -0.4 is 0 Å². The summed E-state index contributed by atoms with van der Waals surface area (Å²) in [6.45, 7) is 0.226. The fraction of sp³-hybridized carbons (Fsp3) is 0.875. The van der Waals surface area contributed by atoms with E-state index in [1.807, 2.05) is 0 Å². The number of carbonyl (C=O) groups excluding carboxylic acids is 1. The zero-order valence-electron chi connectivity index (χ0n) is 7.50. The van der Waals surface area contributed by atoms with Crippen LogP contribution in [0.15, 0.2) is 0 Å². The van der Waals surface area contributed by atoms with Crippen molar-refractivity contribution < 1.29 is 18.3 Å². The minimum absolute atomic E-state index is 0.334. The summed E-state index contributed by atoms with van der Waals surface area (Å²) >= 11 is 0. The van der Waals surface area contributed by atoms with Crippen molar-refractivity contribution >= 4 is 5.97 Å². The Bertz CT molecular complexity index is 187. The van der Waals surface area contributed by atoms with Crippen molar-refractivity contribution in [2.45, 2.75) is 25.3 Å². The number of alkyl halides is 2. The second kappa shape index (κ2) is 4.50. The topological polar surface area (TPSA) is 29.5 Å². The van der Waals surface area contributed by atoms with Gasteiger partial charge in [0.2, 0.25) is 0 Å². The second-order valence-electron chi connectivity index (χ2n) is 3.07. The zero-order chi connectivity index (χ0) is 9.84. The molecule has 0 aromatic carbocycles. The Labute approximate surface area is 75.7 Å². The molecule has 0 amide bonds. The van der Waals surface area contributed by atoms with Crippen LogP contribution in [0.25, 0.3) is 0 Å². The van der Waals surface area contributed by atoms with Crippen LogP contribution in [0.2, 0.25) is 0 Å². The van der Waals surface area contributed by atoms with Crippen molar-refractivity contribution in [1.29, 1.82) is 0 Å². The van der Waals surface area contributed by atoms with E-state index in [0.717, 1.165) is 6.42 Å². The molecule has 1 aliphatic heterocycles. The van der Waals surface area contributed by atoms with Gasteiger partial charge in [-0.25, -0.2) is 8.78 Å². The number of methoxy groups -OCH3 is 1. The van der Waals surface area contributed by atoms with E-state index in [9.17, 15) is 13.6 Å². The molecule has 1 atom stereocenters. The predicted molar refractivity (Wildman–Crippen MR) is 42.6 cm³/mol. The lowest BCUT2D eigenvalue weighted by Crippen LogP contribution is -2.39. The molecule has 0 aromatic rings. The van der Waals surface area contributed by atoms with Crippen LogP contribution in [0.5, 0.6) is 0 Å². The smallest absolute Gasteiger partial charge is 0.323 e. The maximum atomic E-state index is 12.0. The van der Waals surface area contributed by atoms with Crippen LogP contribution in [0, 0.1) is 0 Å². The van der Waals surface area contributed by atoms with E-state index in [0.29, 0.717) is 13.0 Å². The standard InChI is InChI=1S/C8H13F2NO2/c1-13-8(12)6-3-2-4-11(6)5-7(9)10/h6-7H,2-5H2,1H3. The van der Waals surface area contributed by atoms with Gasteiger partial charge < -0.3 is 4.74 Å². The van der Waals surface area contributed by atoms with Crippen molar-refractivity contribution in [1.82, 2.24) is 4.90 Å². The average molecular weight is 193 g/mol. The monoisotopic (exact) mass is 193 g/mol. The first kappa shape index (κ1) is 10.4. The fourth-order valence-corrected chi connectivity index (χ4v) is 1.62. The Morgan fingerprint density at radius 2 is 2.38 bits per heavy atom. The largest absolute Gasteiger partial charge is 0.468 e. The molecule has 0 saturated carbocycles. The Kier molecular flexibility index (Phi) is 3.59. The molecule has 1 unspecified atom stereocenters. The molecule has 13 heavy (non-hydrogen) atoms. The van der Waals surface area contributed by atoms with E-state index in [2.05, 4.69) is 4.74 Å². The molecule has 0 spiro atoms. The third kappa shape index (κ3) is 2.62. The Balaban J connectivity index is 2.48. The van der Waals surface area contributed by atoms with Crippen molar-refractivity contribution in [3.05, 3.63) is 0 Å². The number of likely N-dealkylation sites (tertiary alicyclic amines) is 1. The van der Waals surface area contributed by atoms with Crippen molar-refractivity contribution in [2.24, 2.45) is 0 Å². The van der Waals surface area contributed by atoms with Gasteiger partial charge in [-0.1, -0.05) is 0 Å². The Morgan fingerprint density at radius 3 is 2.92 bits per heavy atom. The quantitative estimate of drug-likeness (QED) is 0.623. The van der Waals surface area contributed by atoms with Gasteiger partial charge >= 0.3 is 5.97 Å². The van der Waals surface area contributed by atoms with E-state index < -0.39 is 18.4 Å². The van der Waals surface area contributed by atoms with Crippen LogP contribution in [0.1, 0.15) is 12.8 Å². The molecule has 1 heterocycles. The summed E-state index contributed by atoms with van der Waals surface area (Å²) in [4.78, 5) is 12.6. The van der Waals surface area contributed by atoms with Crippen LogP contribution in [-0.2, 0) is 9.53 Å². The summed E-state index contributed by atoms with van der Waals surface area (Å²) in [6, 6.07) is -0.459. The number of carbonyl (C=O) groups is 1. The molecule has 5 heteroatoms. The molecule has 1 rings (SSSR count).